The number of benzene rings is 2. The lowest BCUT2D eigenvalue weighted by Crippen LogP contribution is -2.35. The number of para-hydroxylation sites is 1. The van der Waals surface area contributed by atoms with Gasteiger partial charge >= 0.3 is 0 Å². The highest BCUT2D eigenvalue weighted by molar-refractivity contribution is 9.10. The second kappa shape index (κ2) is 4.19. The number of aromatic amines is 1. The monoisotopic (exact) mass is 342 g/mol. The van der Waals surface area contributed by atoms with Crippen molar-refractivity contribution in [2.75, 3.05) is 5.32 Å². The SMILES string of the molecule is O=C1Nc2ccc(Br)cc2C1(O)c1c[nH]c2ccccc12. The number of amides is 1. The van der Waals surface area contributed by atoms with Crippen molar-refractivity contribution in [1.29, 1.82) is 0 Å². The van der Waals surface area contributed by atoms with E-state index in [9.17, 15) is 9.90 Å². The number of carbonyl (C=O) groups excluding carboxylic acids is 1. The van der Waals surface area contributed by atoms with E-state index in [0.29, 0.717) is 16.8 Å². The van der Waals surface area contributed by atoms with Crippen LogP contribution in [0.2, 0.25) is 0 Å². The third-order valence-electron chi connectivity index (χ3n) is 3.93. The lowest BCUT2D eigenvalue weighted by Gasteiger charge is -2.20. The average Bonchev–Trinajstić information content (AvgIpc) is 3.01. The molecule has 1 aliphatic heterocycles. The maximum Gasteiger partial charge on any atom is 0.265 e. The smallest absolute Gasteiger partial charge is 0.265 e. The molecule has 1 amide bonds. The molecule has 1 aromatic heterocycles. The molecule has 0 saturated heterocycles. The Kier molecular flexibility index (Phi) is 2.52. The van der Waals surface area contributed by atoms with Crippen LogP contribution in [0, 0.1) is 0 Å². The average molecular weight is 343 g/mol. The van der Waals surface area contributed by atoms with Gasteiger partial charge in [0.15, 0.2) is 5.60 Å². The van der Waals surface area contributed by atoms with Gasteiger partial charge in [-0.15, -0.1) is 0 Å². The molecule has 4 rings (SSSR count). The number of H-pyrrole nitrogens is 1. The van der Waals surface area contributed by atoms with Crippen molar-refractivity contribution in [2.24, 2.45) is 0 Å². The van der Waals surface area contributed by atoms with Gasteiger partial charge in [0.05, 0.1) is 0 Å². The summed E-state index contributed by atoms with van der Waals surface area (Å²) in [7, 11) is 0. The first-order valence-corrected chi connectivity index (χ1v) is 7.30. The standard InChI is InChI=1S/C16H11BrN2O2/c17-9-5-6-14-11(7-9)16(21,15(20)19-14)12-8-18-13-4-2-1-3-10(12)13/h1-8,18,21H,(H,19,20). The van der Waals surface area contributed by atoms with Gasteiger partial charge in [0.25, 0.3) is 5.91 Å². The molecule has 104 valence electrons. The molecule has 1 unspecified atom stereocenters. The van der Waals surface area contributed by atoms with E-state index >= 15 is 0 Å². The molecule has 1 aliphatic rings. The lowest BCUT2D eigenvalue weighted by molar-refractivity contribution is -0.129. The molecule has 0 spiro atoms. The van der Waals surface area contributed by atoms with E-state index in [-0.39, 0.29) is 0 Å². The largest absolute Gasteiger partial charge is 0.372 e. The Hall–Kier alpha value is -2.11. The summed E-state index contributed by atoms with van der Waals surface area (Å²) in [6.45, 7) is 0. The number of rotatable bonds is 1. The van der Waals surface area contributed by atoms with Crippen molar-refractivity contribution in [1.82, 2.24) is 4.98 Å². The van der Waals surface area contributed by atoms with Gasteiger partial charge in [0.2, 0.25) is 0 Å². The van der Waals surface area contributed by atoms with Gasteiger partial charge in [0, 0.05) is 38.4 Å². The van der Waals surface area contributed by atoms with Crippen molar-refractivity contribution in [3.63, 3.8) is 0 Å². The number of hydrogen-bond donors (Lipinski definition) is 3. The van der Waals surface area contributed by atoms with E-state index in [4.69, 9.17) is 0 Å². The van der Waals surface area contributed by atoms with Gasteiger partial charge < -0.3 is 15.4 Å². The molecule has 21 heavy (non-hydrogen) atoms. The molecule has 2 aromatic carbocycles. The minimum Gasteiger partial charge on any atom is -0.372 e. The van der Waals surface area contributed by atoms with Gasteiger partial charge in [-0.25, -0.2) is 0 Å². The number of carbonyl (C=O) groups is 1. The summed E-state index contributed by atoms with van der Waals surface area (Å²) in [4.78, 5) is 15.5. The summed E-state index contributed by atoms with van der Waals surface area (Å²) in [5.41, 5.74) is 0.964. The minimum atomic E-state index is -1.68. The Balaban J connectivity index is 2.03. The molecule has 0 bridgehead atoms. The topological polar surface area (TPSA) is 65.1 Å². The Morgan fingerprint density at radius 3 is 2.76 bits per heavy atom. The summed E-state index contributed by atoms with van der Waals surface area (Å²) >= 11 is 3.39. The molecule has 3 N–H and O–H groups in total. The highest BCUT2D eigenvalue weighted by Crippen LogP contribution is 2.44. The number of anilines is 1. The zero-order valence-electron chi connectivity index (χ0n) is 10.9. The quantitative estimate of drug-likeness (QED) is 0.636. The van der Waals surface area contributed by atoms with Crippen LogP contribution in [-0.2, 0) is 10.4 Å². The van der Waals surface area contributed by atoms with Crippen molar-refractivity contribution in [2.45, 2.75) is 5.60 Å². The Morgan fingerprint density at radius 1 is 1.10 bits per heavy atom. The molecule has 5 heteroatoms. The first-order chi connectivity index (χ1) is 10.1. The van der Waals surface area contributed by atoms with Gasteiger partial charge in [-0.05, 0) is 24.3 Å². The van der Waals surface area contributed by atoms with Crippen molar-refractivity contribution < 1.29 is 9.90 Å². The number of hydrogen-bond acceptors (Lipinski definition) is 2. The van der Waals surface area contributed by atoms with E-state index in [1.807, 2.05) is 30.3 Å². The van der Waals surface area contributed by atoms with Gasteiger partial charge in [0.1, 0.15) is 0 Å². The van der Waals surface area contributed by atoms with Crippen LogP contribution in [0.3, 0.4) is 0 Å². The van der Waals surface area contributed by atoms with Crippen molar-refractivity contribution >= 4 is 38.4 Å². The fourth-order valence-corrected chi connectivity index (χ4v) is 3.26. The highest BCUT2D eigenvalue weighted by atomic mass is 79.9. The van der Waals surface area contributed by atoms with Crippen molar-refractivity contribution in [3.8, 4) is 0 Å². The first-order valence-electron chi connectivity index (χ1n) is 6.51. The first kappa shape index (κ1) is 12.6. The van der Waals surface area contributed by atoms with Gasteiger partial charge in [-0.1, -0.05) is 34.1 Å². The summed E-state index contributed by atoms with van der Waals surface area (Å²) in [6.07, 6.45) is 1.69. The molecular weight excluding hydrogens is 332 g/mol. The third kappa shape index (κ3) is 1.61. The fourth-order valence-electron chi connectivity index (χ4n) is 2.90. The van der Waals surface area contributed by atoms with Crippen LogP contribution in [0.15, 0.2) is 53.1 Å². The van der Waals surface area contributed by atoms with Crippen LogP contribution in [0.4, 0.5) is 5.69 Å². The van der Waals surface area contributed by atoms with Crippen LogP contribution in [0.1, 0.15) is 11.1 Å². The third-order valence-corrected chi connectivity index (χ3v) is 4.42. The predicted molar refractivity (Wildman–Crippen MR) is 84.1 cm³/mol. The molecule has 3 aromatic rings. The predicted octanol–water partition coefficient (Wildman–Crippen LogP) is 3.12. The maximum atomic E-state index is 12.4. The zero-order valence-corrected chi connectivity index (χ0v) is 12.4. The normalized spacial score (nSPS) is 20.6. The number of halogens is 1. The molecule has 0 radical (unpaired) electrons. The Labute approximate surface area is 128 Å². The molecule has 0 saturated carbocycles. The summed E-state index contributed by atoms with van der Waals surface area (Å²) < 4.78 is 0.816. The number of nitrogens with one attached hydrogen (secondary N) is 2. The Morgan fingerprint density at radius 2 is 1.90 bits per heavy atom. The van der Waals surface area contributed by atoms with E-state index in [1.165, 1.54) is 0 Å². The van der Waals surface area contributed by atoms with Crippen LogP contribution in [-0.4, -0.2) is 16.0 Å². The molecular formula is C16H11BrN2O2. The highest BCUT2D eigenvalue weighted by Gasteiger charge is 2.48. The van der Waals surface area contributed by atoms with Crippen LogP contribution < -0.4 is 5.32 Å². The summed E-state index contributed by atoms with van der Waals surface area (Å²) in [6, 6.07) is 13.0. The van der Waals surface area contributed by atoms with Crippen LogP contribution >= 0.6 is 15.9 Å². The van der Waals surface area contributed by atoms with E-state index < -0.39 is 11.5 Å². The molecule has 1 atom stereocenters. The minimum absolute atomic E-state index is 0.430. The van der Waals surface area contributed by atoms with Gasteiger partial charge in [-0.2, -0.15) is 0 Å². The second-order valence-electron chi connectivity index (χ2n) is 5.10. The number of aliphatic hydroxyl groups is 1. The summed E-state index contributed by atoms with van der Waals surface area (Å²) in [5, 5.41) is 14.7. The van der Waals surface area contributed by atoms with Crippen molar-refractivity contribution in [3.05, 3.63) is 64.3 Å². The van der Waals surface area contributed by atoms with E-state index in [2.05, 4.69) is 26.2 Å². The second-order valence-corrected chi connectivity index (χ2v) is 6.02. The molecule has 0 fully saturated rings. The van der Waals surface area contributed by atoms with Gasteiger partial charge in [-0.3, -0.25) is 4.79 Å². The lowest BCUT2D eigenvalue weighted by atomic mass is 9.87. The van der Waals surface area contributed by atoms with Crippen LogP contribution in [0.25, 0.3) is 10.9 Å². The zero-order chi connectivity index (χ0) is 14.6. The van der Waals surface area contributed by atoms with E-state index in [0.717, 1.165) is 15.4 Å². The Bertz CT molecular complexity index is 887. The molecule has 4 nitrogen and oxygen atoms in total. The summed E-state index contributed by atoms with van der Waals surface area (Å²) in [5.74, 6) is -0.430. The maximum absolute atomic E-state index is 12.4. The molecule has 2 heterocycles. The molecule has 0 aliphatic carbocycles. The van der Waals surface area contributed by atoms with E-state index in [1.54, 1.807) is 18.3 Å². The number of aromatic nitrogens is 1. The fraction of sp³-hybridized carbons (Fsp3) is 0.0625. The van der Waals surface area contributed by atoms with Crippen LogP contribution in [0.5, 0.6) is 0 Å². The number of fused-ring (bicyclic) bond motifs is 2.